The van der Waals surface area contributed by atoms with E-state index in [1.54, 1.807) is 24.3 Å². The standard InChI is InChI=1S/C22H14BrClIN3O2S/c1-11-2-5-14(17(24)8-11)20(29)28-22(31)26-13-4-7-19-18(10-13)27-21(30-19)15-9-12(25)3-6-16(15)23/h2-10H,1H3,(H2,26,28,29,31). The molecule has 4 aromatic rings. The summed E-state index contributed by atoms with van der Waals surface area (Å²) in [6, 6.07) is 16.6. The molecule has 0 aliphatic heterocycles. The van der Waals surface area contributed by atoms with Crippen LogP contribution < -0.4 is 10.6 Å². The minimum absolute atomic E-state index is 0.157. The van der Waals surface area contributed by atoms with E-state index in [2.05, 4.69) is 54.1 Å². The maximum absolute atomic E-state index is 12.5. The van der Waals surface area contributed by atoms with E-state index in [1.807, 2.05) is 37.3 Å². The molecule has 1 heterocycles. The van der Waals surface area contributed by atoms with Gasteiger partial charge in [-0.25, -0.2) is 4.98 Å². The fourth-order valence-electron chi connectivity index (χ4n) is 2.92. The first-order valence-electron chi connectivity index (χ1n) is 9.04. The lowest BCUT2D eigenvalue weighted by Crippen LogP contribution is -2.34. The number of benzene rings is 3. The molecule has 0 unspecified atom stereocenters. The predicted molar refractivity (Wildman–Crippen MR) is 140 cm³/mol. The first kappa shape index (κ1) is 22.2. The monoisotopic (exact) mass is 625 g/mol. The summed E-state index contributed by atoms with van der Waals surface area (Å²) in [6.45, 7) is 1.91. The Morgan fingerprint density at radius 3 is 2.74 bits per heavy atom. The van der Waals surface area contributed by atoms with Crippen LogP contribution in [0.5, 0.6) is 0 Å². The van der Waals surface area contributed by atoms with Crippen molar-refractivity contribution in [2.75, 3.05) is 5.32 Å². The van der Waals surface area contributed by atoms with Crippen molar-refractivity contribution in [3.63, 3.8) is 0 Å². The Kier molecular flexibility index (Phi) is 6.61. The van der Waals surface area contributed by atoms with Gasteiger partial charge in [0.05, 0.1) is 16.1 Å². The normalized spacial score (nSPS) is 10.8. The van der Waals surface area contributed by atoms with E-state index < -0.39 is 0 Å². The van der Waals surface area contributed by atoms with Gasteiger partial charge in [-0.15, -0.1) is 0 Å². The van der Waals surface area contributed by atoms with Gasteiger partial charge >= 0.3 is 0 Å². The third kappa shape index (κ3) is 5.08. The summed E-state index contributed by atoms with van der Waals surface area (Å²) in [5, 5.41) is 6.17. The highest BCUT2D eigenvalue weighted by molar-refractivity contribution is 14.1. The Bertz CT molecular complexity index is 1340. The van der Waals surface area contributed by atoms with Gasteiger partial charge in [0, 0.05) is 13.7 Å². The van der Waals surface area contributed by atoms with Crippen LogP contribution >= 0.6 is 62.3 Å². The smallest absolute Gasteiger partial charge is 0.258 e. The first-order chi connectivity index (χ1) is 14.8. The van der Waals surface area contributed by atoms with Crippen molar-refractivity contribution in [1.29, 1.82) is 0 Å². The van der Waals surface area contributed by atoms with E-state index in [0.717, 1.165) is 19.2 Å². The number of oxazole rings is 1. The molecule has 0 saturated carbocycles. The minimum atomic E-state index is -0.379. The fraction of sp³-hybridized carbons (Fsp3) is 0.0455. The molecule has 9 heteroatoms. The van der Waals surface area contributed by atoms with Crippen molar-refractivity contribution in [2.24, 2.45) is 0 Å². The van der Waals surface area contributed by atoms with E-state index in [-0.39, 0.29) is 11.0 Å². The summed E-state index contributed by atoms with van der Waals surface area (Å²) >= 11 is 17.2. The number of carbonyl (C=O) groups is 1. The number of fused-ring (bicyclic) bond motifs is 1. The Morgan fingerprint density at radius 1 is 1.16 bits per heavy atom. The number of anilines is 1. The molecule has 0 radical (unpaired) electrons. The number of aryl methyl sites for hydroxylation is 1. The Morgan fingerprint density at radius 2 is 1.97 bits per heavy atom. The predicted octanol–water partition coefficient (Wildman–Crippen LogP) is 6.95. The number of aromatic nitrogens is 1. The molecule has 0 spiro atoms. The molecule has 1 amide bonds. The van der Waals surface area contributed by atoms with Crippen molar-refractivity contribution in [2.45, 2.75) is 6.92 Å². The molecule has 0 fully saturated rings. The lowest BCUT2D eigenvalue weighted by Gasteiger charge is -2.10. The van der Waals surface area contributed by atoms with Crippen molar-refractivity contribution in [3.05, 3.63) is 78.8 Å². The third-order valence-electron chi connectivity index (χ3n) is 4.40. The maximum atomic E-state index is 12.5. The molecule has 3 aromatic carbocycles. The summed E-state index contributed by atoms with van der Waals surface area (Å²) in [5.74, 6) is 0.137. The van der Waals surface area contributed by atoms with Crippen molar-refractivity contribution >= 4 is 90.1 Å². The van der Waals surface area contributed by atoms with E-state index in [1.165, 1.54) is 0 Å². The largest absolute Gasteiger partial charge is 0.436 e. The molecule has 0 bridgehead atoms. The summed E-state index contributed by atoms with van der Waals surface area (Å²) in [4.78, 5) is 17.0. The molecule has 156 valence electrons. The number of hydrogen-bond donors (Lipinski definition) is 2. The fourth-order valence-corrected chi connectivity index (χ4v) is 4.36. The van der Waals surface area contributed by atoms with Crippen molar-refractivity contribution in [3.8, 4) is 11.5 Å². The highest BCUT2D eigenvalue weighted by Gasteiger charge is 2.14. The Hall–Kier alpha value is -2.01. The highest BCUT2D eigenvalue weighted by Crippen LogP contribution is 2.32. The maximum Gasteiger partial charge on any atom is 0.258 e. The van der Waals surface area contributed by atoms with Crippen molar-refractivity contribution in [1.82, 2.24) is 10.3 Å². The SMILES string of the molecule is Cc1ccc(C(=O)NC(=S)Nc2ccc3oc(-c4cc(I)ccc4Br)nc3c2)c(Cl)c1. The van der Waals surface area contributed by atoms with Crippen molar-refractivity contribution < 1.29 is 9.21 Å². The quantitative estimate of drug-likeness (QED) is 0.190. The first-order valence-corrected chi connectivity index (χ1v) is 11.7. The zero-order chi connectivity index (χ0) is 22.1. The van der Waals surface area contributed by atoms with Crippen LogP contribution in [0.25, 0.3) is 22.6 Å². The van der Waals surface area contributed by atoms with Gasteiger partial charge in [-0.05, 0) is 112 Å². The molecule has 2 N–H and O–H groups in total. The number of rotatable bonds is 3. The number of nitrogens with zero attached hydrogens (tertiary/aromatic N) is 1. The van der Waals surface area contributed by atoms with E-state index in [0.29, 0.717) is 33.3 Å². The van der Waals surface area contributed by atoms with Crippen LogP contribution in [0.1, 0.15) is 15.9 Å². The summed E-state index contributed by atoms with van der Waals surface area (Å²) in [5.41, 5.74) is 4.19. The zero-order valence-electron chi connectivity index (χ0n) is 16.0. The van der Waals surface area contributed by atoms with Gasteiger partial charge in [0.15, 0.2) is 10.7 Å². The number of carbonyl (C=O) groups excluding carboxylic acids is 1. The second-order valence-corrected chi connectivity index (χ2v) is 9.63. The molecule has 0 saturated heterocycles. The third-order valence-corrected chi connectivity index (χ3v) is 6.28. The Balaban J connectivity index is 1.51. The molecule has 31 heavy (non-hydrogen) atoms. The van der Waals surface area contributed by atoms with Gasteiger partial charge in [0.25, 0.3) is 5.91 Å². The topological polar surface area (TPSA) is 67.2 Å². The van der Waals surface area contributed by atoms with E-state index in [9.17, 15) is 4.79 Å². The van der Waals surface area contributed by atoms with Crippen LogP contribution in [-0.4, -0.2) is 16.0 Å². The molecule has 5 nitrogen and oxygen atoms in total. The van der Waals surface area contributed by atoms with Crippen LogP contribution in [0.4, 0.5) is 5.69 Å². The molecule has 4 rings (SSSR count). The second kappa shape index (κ2) is 9.23. The van der Waals surface area contributed by atoms with Crippen LogP contribution in [0.2, 0.25) is 5.02 Å². The number of halogens is 3. The average Bonchev–Trinajstić information content (AvgIpc) is 3.12. The zero-order valence-corrected chi connectivity index (χ0v) is 21.3. The van der Waals surface area contributed by atoms with Gasteiger partial charge in [0.2, 0.25) is 5.89 Å². The molecule has 0 atom stereocenters. The number of nitrogens with one attached hydrogen (secondary N) is 2. The van der Waals surface area contributed by atoms with Gasteiger partial charge in [-0.3, -0.25) is 10.1 Å². The van der Waals surface area contributed by atoms with Crippen LogP contribution in [0.15, 0.2) is 63.5 Å². The van der Waals surface area contributed by atoms with E-state index >= 15 is 0 Å². The van der Waals surface area contributed by atoms with Crippen LogP contribution in [0, 0.1) is 10.5 Å². The summed E-state index contributed by atoms with van der Waals surface area (Å²) in [7, 11) is 0. The van der Waals surface area contributed by atoms with E-state index in [4.69, 9.17) is 28.2 Å². The molecule has 0 aliphatic carbocycles. The lowest BCUT2D eigenvalue weighted by molar-refractivity contribution is 0.0978. The van der Waals surface area contributed by atoms with Crippen LogP contribution in [-0.2, 0) is 0 Å². The van der Waals surface area contributed by atoms with Gasteiger partial charge in [0.1, 0.15) is 5.52 Å². The Labute approximate surface area is 210 Å². The number of amides is 1. The van der Waals surface area contributed by atoms with Gasteiger partial charge in [-0.2, -0.15) is 0 Å². The number of thiocarbonyl (C=S) groups is 1. The van der Waals surface area contributed by atoms with Gasteiger partial charge in [-0.1, -0.05) is 17.7 Å². The highest BCUT2D eigenvalue weighted by atomic mass is 127. The average molecular weight is 627 g/mol. The summed E-state index contributed by atoms with van der Waals surface area (Å²) in [6.07, 6.45) is 0. The molecular formula is C22H14BrClIN3O2S. The molecular weight excluding hydrogens is 613 g/mol. The molecule has 0 aliphatic rings. The number of hydrogen-bond acceptors (Lipinski definition) is 4. The molecule has 1 aromatic heterocycles. The minimum Gasteiger partial charge on any atom is -0.436 e. The summed E-state index contributed by atoms with van der Waals surface area (Å²) < 4.78 is 7.88. The van der Waals surface area contributed by atoms with Crippen LogP contribution in [0.3, 0.4) is 0 Å². The lowest BCUT2D eigenvalue weighted by atomic mass is 10.1. The second-order valence-electron chi connectivity index (χ2n) is 6.72. The van der Waals surface area contributed by atoms with Gasteiger partial charge < -0.3 is 9.73 Å².